The highest BCUT2D eigenvalue weighted by Gasteiger charge is 2.51. The van der Waals surface area contributed by atoms with Crippen molar-refractivity contribution in [2.24, 2.45) is 0 Å². The lowest BCUT2D eigenvalue weighted by Crippen LogP contribution is -2.74. The molecule has 388 valence electrons. The van der Waals surface area contributed by atoms with Gasteiger partial charge in [-0.1, -0.05) is 260 Å². The van der Waals surface area contributed by atoms with Crippen LogP contribution < -0.4 is 20.7 Å². The van der Waals surface area contributed by atoms with E-state index in [9.17, 15) is 24.7 Å². The molecule has 1 spiro atoms. The van der Waals surface area contributed by atoms with Gasteiger partial charge in [-0.05, 0) is 103 Å². The number of benzene rings is 12. The van der Waals surface area contributed by atoms with Crippen LogP contribution in [0, 0.1) is 0 Å². The van der Waals surface area contributed by atoms with Crippen molar-refractivity contribution >= 4 is 84.2 Å². The molecule has 0 bridgehead atoms. The van der Waals surface area contributed by atoms with E-state index in [0.29, 0.717) is 15.4 Å². The number of hydrogen-bond acceptors (Lipinski definition) is 4. The smallest absolute Gasteiger partial charge is 0.238 e. The van der Waals surface area contributed by atoms with Crippen molar-refractivity contribution < 1.29 is 41.1 Å². The zero-order valence-electron chi connectivity index (χ0n) is 72.6. The standard InChI is InChI=1S/C76H49N5SSi/c1-3-26-53(27-4-1)83(54-28-5-2-6-29-54,56-45-46-66-72(49-56)82-71-44-20-15-39-65(71)76(66)63-37-13-7-31-57(63)58-32-8-14-38-64(58)76)55-30-22-24-51(48-55)74-77-73(78-75(79-74)81-69-42-18-11-35-61(69)62-36-12-19-43-70(62)81)50-23-21-25-52(47-50)80-67-40-16-9-33-59(67)60-34-10-17-41-68(60)80/h1-49H/i1D,2D,3D,4D,5D,6D,9D,10D,11D,12D,16D,17D,18D,19D,22D,24D,26D,27D,28D,29D,30D,33D,34D,35D,36D,40D,41D,42D,43D,48D. The molecule has 0 amide bonds. The molecule has 0 N–H and O–H groups in total. The maximum absolute atomic E-state index is 11.1. The summed E-state index contributed by atoms with van der Waals surface area (Å²) in [6.07, 6.45) is 0. The van der Waals surface area contributed by atoms with Crippen LogP contribution in [0.1, 0.15) is 63.4 Å². The summed E-state index contributed by atoms with van der Waals surface area (Å²) in [7, 11) is -6.03. The average Bonchev–Trinajstić information content (AvgIpc) is 1.64. The predicted molar refractivity (Wildman–Crippen MR) is 344 cm³/mol. The van der Waals surface area contributed by atoms with Gasteiger partial charge < -0.3 is 4.57 Å². The quantitative estimate of drug-likeness (QED) is 0.112. The number of rotatable bonds is 8. The first-order chi connectivity index (χ1) is 53.6. The molecule has 0 saturated carbocycles. The average molecular weight is 1120 g/mol. The van der Waals surface area contributed by atoms with Gasteiger partial charge in [-0.3, -0.25) is 4.57 Å². The minimum atomic E-state index is -6.03. The van der Waals surface area contributed by atoms with Crippen LogP contribution in [0.15, 0.2) is 306 Å². The fourth-order valence-electron chi connectivity index (χ4n) is 12.2. The number of fused-ring (bicyclic) bond motifs is 15. The Morgan fingerprint density at radius 2 is 0.855 bits per heavy atom. The topological polar surface area (TPSA) is 48.5 Å². The minimum absolute atomic E-state index is 0.107. The summed E-state index contributed by atoms with van der Waals surface area (Å²) in [6, 6.07) is 6.52. The Labute approximate surface area is 527 Å². The molecule has 0 fully saturated rings. The first-order valence-corrected chi connectivity index (χ1v) is 28.7. The minimum Gasteiger partial charge on any atom is -0.309 e. The van der Waals surface area contributed by atoms with Crippen molar-refractivity contribution in [3.63, 3.8) is 0 Å². The van der Waals surface area contributed by atoms with Crippen LogP contribution in [-0.4, -0.2) is 32.2 Å². The molecule has 1 aliphatic carbocycles. The Kier molecular flexibility index (Phi) is 5.99. The molecule has 5 nitrogen and oxygen atoms in total. The van der Waals surface area contributed by atoms with E-state index in [4.69, 9.17) is 31.4 Å². The van der Waals surface area contributed by atoms with Gasteiger partial charge >= 0.3 is 0 Å². The van der Waals surface area contributed by atoms with Crippen molar-refractivity contribution in [1.29, 1.82) is 0 Å². The molecule has 0 radical (unpaired) electrons. The van der Waals surface area contributed by atoms with Gasteiger partial charge in [-0.25, -0.2) is 4.98 Å². The molecule has 17 rings (SSSR count). The lowest BCUT2D eigenvalue weighted by molar-refractivity contribution is 0.723. The van der Waals surface area contributed by atoms with Crippen molar-refractivity contribution in [3.8, 4) is 45.5 Å². The van der Waals surface area contributed by atoms with Crippen molar-refractivity contribution in [1.82, 2.24) is 24.1 Å². The molecule has 1 aliphatic heterocycles. The molecule has 0 saturated heterocycles. The van der Waals surface area contributed by atoms with Gasteiger partial charge in [0.25, 0.3) is 0 Å². The molecular weight excluding hydrogens is 1040 g/mol. The highest BCUT2D eigenvalue weighted by molar-refractivity contribution is 7.99. The van der Waals surface area contributed by atoms with Crippen LogP contribution in [0.25, 0.3) is 89.2 Å². The monoisotopic (exact) mass is 1120 g/mol. The van der Waals surface area contributed by atoms with Crippen LogP contribution in [0.5, 0.6) is 0 Å². The van der Waals surface area contributed by atoms with Crippen LogP contribution in [0.2, 0.25) is 0 Å². The molecule has 15 aromatic rings. The second-order valence-electron chi connectivity index (χ2n) is 19.5. The third-order valence-corrected chi connectivity index (χ3v) is 20.8. The molecule has 2 aliphatic rings. The molecular formula is C76H49N5SSi. The maximum atomic E-state index is 11.1. The molecule has 0 unspecified atom stereocenters. The van der Waals surface area contributed by atoms with E-state index in [2.05, 4.69) is 0 Å². The van der Waals surface area contributed by atoms with Crippen LogP contribution in [-0.2, 0) is 5.41 Å². The van der Waals surface area contributed by atoms with Gasteiger partial charge in [-0.15, -0.1) is 0 Å². The number of aromatic nitrogens is 5. The summed E-state index contributed by atoms with van der Waals surface area (Å²) in [6.45, 7) is 0. The molecule has 7 heteroatoms. The number of nitrogens with zero attached hydrogens (tertiary/aromatic N) is 5. The largest absolute Gasteiger partial charge is 0.309 e. The first-order valence-electron chi connectivity index (χ1n) is 40.9. The summed E-state index contributed by atoms with van der Waals surface area (Å²) in [5, 5.41) is -4.13. The van der Waals surface area contributed by atoms with Crippen molar-refractivity contribution in [3.05, 3.63) is 319 Å². The van der Waals surface area contributed by atoms with Gasteiger partial charge in [0.05, 0.1) is 68.6 Å². The zero-order valence-corrected chi connectivity index (χ0v) is 44.4. The van der Waals surface area contributed by atoms with Crippen molar-refractivity contribution in [2.45, 2.75) is 15.2 Å². The first kappa shape index (κ1) is 26.6. The van der Waals surface area contributed by atoms with E-state index < -0.39 is 255 Å². The van der Waals surface area contributed by atoms with E-state index in [1.807, 2.05) is 72.8 Å². The Bertz CT molecular complexity index is 6640. The lowest BCUT2D eigenvalue weighted by atomic mass is 9.67. The molecule has 12 aromatic carbocycles. The Hall–Kier alpha value is -10.2. The zero-order chi connectivity index (χ0) is 80.7. The third kappa shape index (κ3) is 6.99. The number of para-hydroxylation sites is 4. The van der Waals surface area contributed by atoms with Crippen LogP contribution >= 0.6 is 11.8 Å². The van der Waals surface area contributed by atoms with Crippen molar-refractivity contribution in [2.75, 3.05) is 0 Å². The fourth-order valence-corrected chi connectivity index (χ4v) is 17.4. The highest BCUT2D eigenvalue weighted by Crippen LogP contribution is 2.62. The van der Waals surface area contributed by atoms with Gasteiger partial charge in [0.2, 0.25) is 5.95 Å². The van der Waals surface area contributed by atoms with E-state index in [-0.39, 0.29) is 38.2 Å². The fraction of sp³-hybridized carbons (Fsp3) is 0.0132. The van der Waals surface area contributed by atoms with Gasteiger partial charge in [-0.2, -0.15) is 9.97 Å². The maximum Gasteiger partial charge on any atom is 0.238 e. The molecule has 4 heterocycles. The lowest BCUT2D eigenvalue weighted by Gasteiger charge is -2.41. The number of hydrogen-bond donors (Lipinski definition) is 0. The second kappa shape index (κ2) is 18.7. The van der Waals surface area contributed by atoms with E-state index >= 15 is 0 Å². The van der Waals surface area contributed by atoms with E-state index in [1.165, 1.54) is 42.1 Å². The third-order valence-electron chi connectivity index (χ3n) is 15.5. The normalized spacial score (nSPS) is 18.2. The summed E-state index contributed by atoms with van der Waals surface area (Å²) in [4.78, 5) is 15.8. The van der Waals surface area contributed by atoms with E-state index in [1.54, 1.807) is 12.1 Å². The van der Waals surface area contributed by atoms with Gasteiger partial charge in [0, 0.05) is 48.2 Å². The van der Waals surface area contributed by atoms with Crippen LogP contribution in [0.3, 0.4) is 0 Å². The summed E-state index contributed by atoms with van der Waals surface area (Å²) in [5.41, 5.74) is 0.808. The summed E-state index contributed by atoms with van der Waals surface area (Å²) < 4.78 is 286. The van der Waals surface area contributed by atoms with Gasteiger partial charge in [0.1, 0.15) is 0 Å². The SMILES string of the molecule is [2H]c1c([2H])c([2H])c([Si](c2ccc3c(c2)Sc2ccccc2C32c3ccccc3-c3ccccc32)(c2c([2H])c([2H])c([2H])c([2H])c2[2H])c2c([2H])c([2H])c([2H])c(-c3nc(-c4cccc(-n5c6c([2H])c([2H])c([2H])c([2H])c6c6c([2H])c([2H])c([2H])c([2H])c65)c4)nc(-n4c5c([2H])c([2H])c([2H])c([2H])c5c5c([2H])c([2H])c([2H])c([2H])c54)n3)c2[2H])c([2H])c1[2H]. The summed E-state index contributed by atoms with van der Waals surface area (Å²) >= 11 is 1.24. The molecule has 0 atom stereocenters. The Morgan fingerprint density at radius 1 is 0.361 bits per heavy atom. The summed E-state index contributed by atoms with van der Waals surface area (Å²) in [5.74, 6) is -2.30. The van der Waals surface area contributed by atoms with Crippen LogP contribution in [0.4, 0.5) is 0 Å². The van der Waals surface area contributed by atoms with E-state index in [0.717, 1.165) is 37.0 Å². The second-order valence-corrected chi connectivity index (χ2v) is 24.2. The van der Waals surface area contributed by atoms with Gasteiger partial charge in [0.15, 0.2) is 19.7 Å². The Balaban J connectivity index is 1.05. The molecule has 3 aromatic heterocycles. The predicted octanol–water partition coefficient (Wildman–Crippen LogP) is 15.6. The highest BCUT2D eigenvalue weighted by atomic mass is 32.2. The molecule has 83 heavy (non-hydrogen) atoms. The Morgan fingerprint density at radius 3 is 1.46 bits per heavy atom.